The van der Waals surface area contributed by atoms with Crippen molar-refractivity contribution >= 4 is 11.5 Å². The summed E-state index contributed by atoms with van der Waals surface area (Å²) in [7, 11) is 0. The zero-order valence-corrected chi connectivity index (χ0v) is 9.59. The Morgan fingerprint density at radius 3 is 2.27 bits per heavy atom. The molecule has 0 fully saturated rings. The van der Waals surface area contributed by atoms with Crippen LogP contribution in [0.5, 0.6) is 0 Å². The fourth-order valence-corrected chi connectivity index (χ4v) is 1.21. The van der Waals surface area contributed by atoms with Gasteiger partial charge in [0.25, 0.3) is 0 Å². The SMILES string of the molecule is CCC(C)(C)Nc1ccc(C(=N)N)cc1. The lowest BCUT2D eigenvalue weighted by Gasteiger charge is -2.26. The average molecular weight is 205 g/mol. The van der Waals surface area contributed by atoms with E-state index in [9.17, 15) is 0 Å². The predicted octanol–water partition coefficient (Wildman–Crippen LogP) is 2.57. The van der Waals surface area contributed by atoms with E-state index in [1.165, 1.54) is 0 Å². The van der Waals surface area contributed by atoms with Gasteiger partial charge in [-0.2, -0.15) is 0 Å². The van der Waals surface area contributed by atoms with Gasteiger partial charge in [-0.1, -0.05) is 6.92 Å². The minimum atomic E-state index is 0.0950. The van der Waals surface area contributed by atoms with Crippen molar-refractivity contribution in [1.82, 2.24) is 0 Å². The van der Waals surface area contributed by atoms with Crippen LogP contribution in [-0.4, -0.2) is 11.4 Å². The Hall–Kier alpha value is -1.51. The molecule has 1 rings (SSSR count). The van der Waals surface area contributed by atoms with Crippen LogP contribution in [0, 0.1) is 5.41 Å². The van der Waals surface area contributed by atoms with Gasteiger partial charge in [0.2, 0.25) is 0 Å². The van der Waals surface area contributed by atoms with Gasteiger partial charge >= 0.3 is 0 Å². The van der Waals surface area contributed by atoms with E-state index in [2.05, 4.69) is 26.1 Å². The number of nitrogens with one attached hydrogen (secondary N) is 2. The fourth-order valence-electron chi connectivity index (χ4n) is 1.21. The lowest BCUT2D eigenvalue weighted by atomic mass is 10.0. The number of nitrogen functional groups attached to an aromatic ring is 1. The molecule has 4 N–H and O–H groups in total. The van der Waals surface area contributed by atoms with Crippen molar-refractivity contribution < 1.29 is 0 Å². The molecule has 0 unspecified atom stereocenters. The van der Waals surface area contributed by atoms with E-state index in [-0.39, 0.29) is 11.4 Å². The van der Waals surface area contributed by atoms with E-state index in [1.807, 2.05) is 24.3 Å². The van der Waals surface area contributed by atoms with Gasteiger partial charge in [0.15, 0.2) is 0 Å². The number of hydrogen-bond acceptors (Lipinski definition) is 2. The first-order valence-corrected chi connectivity index (χ1v) is 5.17. The summed E-state index contributed by atoms with van der Waals surface area (Å²) >= 11 is 0. The first-order chi connectivity index (χ1) is 6.94. The number of nitrogens with two attached hydrogens (primary N) is 1. The molecule has 0 aliphatic heterocycles. The summed E-state index contributed by atoms with van der Waals surface area (Å²) in [5.74, 6) is 0.108. The van der Waals surface area contributed by atoms with Crippen LogP contribution in [0.25, 0.3) is 0 Å². The molecule has 0 saturated carbocycles. The molecule has 3 nitrogen and oxygen atoms in total. The van der Waals surface area contributed by atoms with E-state index in [0.29, 0.717) is 0 Å². The van der Waals surface area contributed by atoms with Crippen LogP contribution in [0.3, 0.4) is 0 Å². The van der Waals surface area contributed by atoms with E-state index >= 15 is 0 Å². The molecule has 0 aliphatic carbocycles. The molecule has 3 heteroatoms. The van der Waals surface area contributed by atoms with E-state index in [4.69, 9.17) is 11.1 Å². The summed E-state index contributed by atoms with van der Waals surface area (Å²) in [6.07, 6.45) is 1.06. The van der Waals surface area contributed by atoms with Crippen molar-refractivity contribution in [1.29, 1.82) is 5.41 Å². The molecule has 82 valence electrons. The third-order valence-corrected chi connectivity index (χ3v) is 2.56. The molecule has 0 heterocycles. The minimum absolute atomic E-state index is 0.0950. The summed E-state index contributed by atoms with van der Waals surface area (Å²) in [5.41, 5.74) is 7.30. The molecule has 1 aromatic carbocycles. The van der Waals surface area contributed by atoms with Gasteiger partial charge in [0.05, 0.1) is 0 Å². The maximum atomic E-state index is 7.28. The Labute approximate surface area is 91.2 Å². The third kappa shape index (κ3) is 3.27. The summed E-state index contributed by atoms with van der Waals surface area (Å²) in [6.45, 7) is 6.47. The lowest BCUT2D eigenvalue weighted by Crippen LogP contribution is -2.29. The summed E-state index contributed by atoms with van der Waals surface area (Å²) in [5, 5.41) is 10.7. The molecule has 0 amide bonds. The molecule has 15 heavy (non-hydrogen) atoms. The molecule has 0 bridgehead atoms. The summed E-state index contributed by atoms with van der Waals surface area (Å²) in [6, 6.07) is 7.62. The highest BCUT2D eigenvalue weighted by molar-refractivity contribution is 5.95. The summed E-state index contributed by atoms with van der Waals surface area (Å²) < 4.78 is 0. The second-order valence-electron chi connectivity index (χ2n) is 4.35. The van der Waals surface area contributed by atoms with Crippen molar-refractivity contribution in [3.8, 4) is 0 Å². The highest BCUT2D eigenvalue weighted by Gasteiger charge is 2.13. The average Bonchev–Trinajstić information content (AvgIpc) is 2.18. The van der Waals surface area contributed by atoms with Crippen LogP contribution in [0.15, 0.2) is 24.3 Å². The molecular formula is C12H19N3. The van der Waals surface area contributed by atoms with Crippen LogP contribution >= 0.6 is 0 Å². The highest BCUT2D eigenvalue weighted by Crippen LogP contribution is 2.18. The number of amidine groups is 1. The number of rotatable bonds is 4. The molecule has 0 spiro atoms. The predicted molar refractivity (Wildman–Crippen MR) is 65.5 cm³/mol. The van der Waals surface area contributed by atoms with Crippen molar-refractivity contribution in [2.24, 2.45) is 5.73 Å². The number of hydrogen-bond donors (Lipinski definition) is 3. The third-order valence-electron chi connectivity index (χ3n) is 2.56. The van der Waals surface area contributed by atoms with E-state index in [0.717, 1.165) is 17.7 Å². The standard InChI is InChI=1S/C12H19N3/c1-4-12(2,3)15-10-7-5-9(6-8-10)11(13)14/h5-8,15H,4H2,1-3H3,(H3,13,14). The zero-order chi connectivity index (χ0) is 11.5. The van der Waals surface area contributed by atoms with E-state index in [1.54, 1.807) is 0 Å². The van der Waals surface area contributed by atoms with Crippen molar-refractivity contribution in [3.05, 3.63) is 29.8 Å². The van der Waals surface area contributed by atoms with Gasteiger partial charge in [-0.3, -0.25) is 5.41 Å². The molecule has 0 aromatic heterocycles. The Kier molecular flexibility index (Phi) is 3.35. The van der Waals surface area contributed by atoms with Crippen molar-refractivity contribution in [2.45, 2.75) is 32.7 Å². The maximum Gasteiger partial charge on any atom is 0.122 e. The molecule has 0 atom stereocenters. The topological polar surface area (TPSA) is 61.9 Å². The summed E-state index contributed by atoms with van der Waals surface area (Å²) in [4.78, 5) is 0. The van der Waals surface area contributed by atoms with Crippen molar-refractivity contribution in [2.75, 3.05) is 5.32 Å². The van der Waals surface area contributed by atoms with Gasteiger partial charge < -0.3 is 11.1 Å². The first kappa shape index (κ1) is 11.6. The number of benzene rings is 1. The highest BCUT2D eigenvalue weighted by atomic mass is 15.0. The zero-order valence-electron chi connectivity index (χ0n) is 9.59. The van der Waals surface area contributed by atoms with Gasteiger partial charge in [-0.25, -0.2) is 0 Å². The maximum absolute atomic E-state index is 7.28. The smallest absolute Gasteiger partial charge is 0.122 e. The second-order valence-corrected chi connectivity index (χ2v) is 4.35. The van der Waals surface area contributed by atoms with Crippen LogP contribution in [0.2, 0.25) is 0 Å². The molecule has 1 aromatic rings. The number of anilines is 1. The van der Waals surface area contributed by atoms with E-state index < -0.39 is 0 Å². The van der Waals surface area contributed by atoms with Crippen LogP contribution in [-0.2, 0) is 0 Å². The van der Waals surface area contributed by atoms with Gasteiger partial charge in [0, 0.05) is 16.8 Å². The fraction of sp³-hybridized carbons (Fsp3) is 0.417. The quantitative estimate of drug-likeness (QED) is 0.522. The monoisotopic (exact) mass is 205 g/mol. The minimum Gasteiger partial charge on any atom is -0.384 e. The largest absolute Gasteiger partial charge is 0.384 e. The molecule has 0 saturated heterocycles. The van der Waals surface area contributed by atoms with Crippen LogP contribution in [0.4, 0.5) is 5.69 Å². The lowest BCUT2D eigenvalue weighted by molar-refractivity contribution is 0.547. The van der Waals surface area contributed by atoms with Gasteiger partial charge in [0.1, 0.15) is 5.84 Å². The van der Waals surface area contributed by atoms with Gasteiger partial charge in [-0.15, -0.1) is 0 Å². The second kappa shape index (κ2) is 4.34. The Morgan fingerprint density at radius 1 is 1.33 bits per heavy atom. The normalized spacial score (nSPS) is 11.1. The Balaban J connectivity index is 2.77. The molecule has 0 aliphatic rings. The molecule has 0 radical (unpaired) electrons. The van der Waals surface area contributed by atoms with Crippen LogP contribution < -0.4 is 11.1 Å². The Bertz CT molecular complexity index is 338. The van der Waals surface area contributed by atoms with Crippen molar-refractivity contribution in [3.63, 3.8) is 0 Å². The Morgan fingerprint density at radius 2 is 1.87 bits per heavy atom. The molecular weight excluding hydrogens is 186 g/mol. The first-order valence-electron chi connectivity index (χ1n) is 5.17. The van der Waals surface area contributed by atoms with Gasteiger partial charge in [-0.05, 0) is 44.5 Å². The van der Waals surface area contributed by atoms with Crippen LogP contribution in [0.1, 0.15) is 32.8 Å².